The van der Waals surface area contributed by atoms with Crippen LogP contribution in [0.3, 0.4) is 0 Å². The molecule has 1 saturated carbocycles. The standard InChI is InChI=1S/C8H13NO/c1-7(4-5-9)10-6-8-2-3-8/h7-8H,2-4,6H2,1H3. The lowest BCUT2D eigenvalue weighted by molar-refractivity contribution is 0.0615. The maximum absolute atomic E-state index is 8.29. The van der Waals surface area contributed by atoms with E-state index in [1.165, 1.54) is 12.8 Å². The van der Waals surface area contributed by atoms with Crippen LogP contribution in [0.15, 0.2) is 0 Å². The Hall–Kier alpha value is -0.550. The van der Waals surface area contributed by atoms with Crippen LogP contribution in [0.5, 0.6) is 0 Å². The topological polar surface area (TPSA) is 33.0 Å². The van der Waals surface area contributed by atoms with Gasteiger partial charge >= 0.3 is 0 Å². The second-order valence-electron chi connectivity index (χ2n) is 2.95. The van der Waals surface area contributed by atoms with Crippen LogP contribution in [0, 0.1) is 17.2 Å². The van der Waals surface area contributed by atoms with Gasteiger partial charge in [-0.15, -0.1) is 0 Å². The van der Waals surface area contributed by atoms with Crippen molar-refractivity contribution in [2.45, 2.75) is 32.3 Å². The van der Waals surface area contributed by atoms with E-state index in [4.69, 9.17) is 10.00 Å². The molecule has 56 valence electrons. The molecule has 0 radical (unpaired) electrons. The third-order valence-corrected chi connectivity index (χ3v) is 1.69. The van der Waals surface area contributed by atoms with Crippen molar-refractivity contribution in [1.29, 1.82) is 5.26 Å². The molecular formula is C8H13NO. The Kier molecular flexibility index (Phi) is 2.70. The summed E-state index contributed by atoms with van der Waals surface area (Å²) < 4.78 is 5.38. The van der Waals surface area contributed by atoms with Gasteiger partial charge in [0.05, 0.1) is 18.6 Å². The largest absolute Gasteiger partial charge is 0.377 e. The summed E-state index contributed by atoms with van der Waals surface area (Å²) in [6.45, 7) is 2.81. The highest BCUT2D eigenvalue weighted by Crippen LogP contribution is 2.29. The second kappa shape index (κ2) is 3.58. The van der Waals surface area contributed by atoms with E-state index in [0.29, 0.717) is 6.42 Å². The summed E-state index contributed by atoms with van der Waals surface area (Å²) in [5.74, 6) is 0.807. The fraction of sp³-hybridized carbons (Fsp3) is 0.875. The molecule has 10 heavy (non-hydrogen) atoms. The molecule has 0 aromatic carbocycles. The Morgan fingerprint density at radius 2 is 2.40 bits per heavy atom. The zero-order chi connectivity index (χ0) is 7.40. The van der Waals surface area contributed by atoms with Crippen molar-refractivity contribution in [3.63, 3.8) is 0 Å². The highest BCUT2D eigenvalue weighted by molar-refractivity contribution is 4.76. The van der Waals surface area contributed by atoms with E-state index in [9.17, 15) is 0 Å². The summed E-state index contributed by atoms with van der Waals surface area (Å²) in [4.78, 5) is 0. The Morgan fingerprint density at radius 1 is 1.70 bits per heavy atom. The Bertz CT molecular complexity index is 135. The lowest BCUT2D eigenvalue weighted by Crippen LogP contribution is -2.08. The van der Waals surface area contributed by atoms with E-state index < -0.39 is 0 Å². The van der Waals surface area contributed by atoms with Crippen LogP contribution in [0.4, 0.5) is 0 Å². The lowest BCUT2D eigenvalue weighted by Gasteiger charge is -2.07. The molecule has 0 aliphatic heterocycles. The van der Waals surface area contributed by atoms with Crippen molar-refractivity contribution >= 4 is 0 Å². The Morgan fingerprint density at radius 3 is 2.90 bits per heavy atom. The maximum atomic E-state index is 8.29. The van der Waals surface area contributed by atoms with Gasteiger partial charge in [-0.2, -0.15) is 5.26 Å². The van der Waals surface area contributed by atoms with Crippen molar-refractivity contribution in [3.8, 4) is 6.07 Å². The van der Waals surface area contributed by atoms with E-state index in [0.717, 1.165) is 12.5 Å². The molecule has 0 spiro atoms. The molecule has 0 heterocycles. The predicted molar refractivity (Wildman–Crippen MR) is 38.4 cm³/mol. The van der Waals surface area contributed by atoms with Crippen LogP contribution in [-0.2, 0) is 4.74 Å². The van der Waals surface area contributed by atoms with Gasteiger partial charge in [0, 0.05) is 6.61 Å². The molecule has 1 aliphatic rings. The fourth-order valence-corrected chi connectivity index (χ4v) is 0.772. The van der Waals surface area contributed by atoms with E-state index >= 15 is 0 Å². The van der Waals surface area contributed by atoms with Crippen LogP contribution in [0.25, 0.3) is 0 Å². The van der Waals surface area contributed by atoms with Crippen molar-refractivity contribution in [3.05, 3.63) is 0 Å². The molecule has 0 aromatic rings. The van der Waals surface area contributed by atoms with Gasteiger partial charge < -0.3 is 4.74 Å². The first-order valence-electron chi connectivity index (χ1n) is 3.81. The normalized spacial score (nSPS) is 20.0. The lowest BCUT2D eigenvalue weighted by atomic mass is 10.3. The van der Waals surface area contributed by atoms with Crippen molar-refractivity contribution < 1.29 is 4.74 Å². The molecule has 2 nitrogen and oxygen atoms in total. The molecule has 0 N–H and O–H groups in total. The van der Waals surface area contributed by atoms with Crippen LogP contribution < -0.4 is 0 Å². The summed E-state index contributed by atoms with van der Waals surface area (Å²) in [6.07, 6.45) is 3.29. The molecule has 0 aromatic heterocycles. The summed E-state index contributed by atoms with van der Waals surface area (Å²) in [7, 11) is 0. The molecule has 1 unspecified atom stereocenters. The van der Waals surface area contributed by atoms with Crippen LogP contribution >= 0.6 is 0 Å². The number of ether oxygens (including phenoxy) is 1. The molecule has 0 amide bonds. The number of hydrogen-bond acceptors (Lipinski definition) is 2. The van der Waals surface area contributed by atoms with Gasteiger partial charge in [0.15, 0.2) is 0 Å². The quantitative estimate of drug-likeness (QED) is 0.594. The zero-order valence-corrected chi connectivity index (χ0v) is 6.34. The number of hydrogen-bond donors (Lipinski definition) is 0. The van der Waals surface area contributed by atoms with Crippen molar-refractivity contribution in [2.75, 3.05) is 6.61 Å². The van der Waals surface area contributed by atoms with Gasteiger partial charge in [-0.1, -0.05) is 0 Å². The van der Waals surface area contributed by atoms with Crippen LogP contribution in [0.2, 0.25) is 0 Å². The molecule has 1 aliphatic carbocycles. The van der Waals surface area contributed by atoms with E-state index in [1.54, 1.807) is 0 Å². The first-order chi connectivity index (χ1) is 4.83. The molecule has 1 rings (SSSR count). The highest BCUT2D eigenvalue weighted by atomic mass is 16.5. The summed E-state index contributed by atoms with van der Waals surface area (Å²) >= 11 is 0. The predicted octanol–water partition coefficient (Wildman–Crippen LogP) is 1.72. The average molecular weight is 139 g/mol. The van der Waals surface area contributed by atoms with Gasteiger partial charge in [0.25, 0.3) is 0 Å². The fourth-order valence-electron chi connectivity index (χ4n) is 0.772. The first kappa shape index (κ1) is 7.56. The van der Waals surface area contributed by atoms with E-state index in [-0.39, 0.29) is 6.10 Å². The van der Waals surface area contributed by atoms with Gasteiger partial charge in [-0.25, -0.2) is 0 Å². The molecule has 2 heteroatoms. The zero-order valence-electron chi connectivity index (χ0n) is 6.34. The monoisotopic (exact) mass is 139 g/mol. The minimum Gasteiger partial charge on any atom is -0.377 e. The molecule has 0 saturated heterocycles. The number of nitriles is 1. The smallest absolute Gasteiger partial charge is 0.0676 e. The molecule has 0 bridgehead atoms. The van der Waals surface area contributed by atoms with Gasteiger partial charge in [0.2, 0.25) is 0 Å². The Balaban J connectivity index is 1.95. The number of nitrogens with zero attached hydrogens (tertiary/aromatic N) is 1. The highest BCUT2D eigenvalue weighted by Gasteiger charge is 2.21. The number of rotatable bonds is 4. The summed E-state index contributed by atoms with van der Waals surface area (Å²) in [5, 5.41) is 8.29. The molecule has 1 atom stereocenters. The van der Waals surface area contributed by atoms with E-state index in [1.807, 2.05) is 6.92 Å². The minimum absolute atomic E-state index is 0.130. The SMILES string of the molecule is CC(CC#N)OCC1CC1. The maximum Gasteiger partial charge on any atom is 0.0676 e. The van der Waals surface area contributed by atoms with Gasteiger partial charge in [-0.05, 0) is 25.7 Å². The van der Waals surface area contributed by atoms with Crippen molar-refractivity contribution in [2.24, 2.45) is 5.92 Å². The first-order valence-corrected chi connectivity index (χ1v) is 3.81. The van der Waals surface area contributed by atoms with E-state index in [2.05, 4.69) is 6.07 Å². The van der Waals surface area contributed by atoms with Crippen LogP contribution in [0.1, 0.15) is 26.2 Å². The van der Waals surface area contributed by atoms with Crippen molar-refractivity contribution in [1.82, 2.24) is 0 Å². The second-order valence-corrected chi connectivity index (χ2v) is 2.95. The molecule has 1 fully saturated rings. The summed E-state index contributed by atoms with van der Waals surface area (Å²) in [6, 6.07) is 2.09. The average Bonchev–Trinajstić information content (AvgIpc) is 2.67. The van der Waals surface area contributed by atoms with Gasteiger partial charge in [-0.3, -0.25) is 0 Å². The van der Waals surface area contributed by atoms with Crippen LogP contribution in [-0.4, -0.2) is 12.7 Å². The van der Waals surface area contributed by atoms with Gasteiger partial charge in [0.1, 0.15) is 0 Å². The third-order valence-electron chi connectivity index (χ3n) is 1.69. The third kappa shape index (κ3) is 2.84. The summed E-state index contributed by atoms with van der Waals surface area (Å²) in [5.41, 5.74) is 0. The minimum atomic E-state index is 0.130. The molecular weight excluding hydrogens is 126 g/mol. The Labute approximate surface area is 61.8 Å².